The molecule has 0 amide bonds. The summed E-state index contributed by atoms with van der Waals surface area (Å²) in [6, 6.07) is 2.39. The molecule has 0 aliphatic carbocycles. The lowest BCUT2D eigenvalue weighted by molar-refractivity contribution is -0.198. The SMILES string of the molecule is COc1cc([N+]#N)c(OC(F)(F)C(F)Cl)cc1N1CCOCC1. The summed E-state index contributed by atoms with van der Waals surface area (Å²) in [6.07, 6.45) is -4.28. The maximum atomic E-state index is 13.4. The summed E-state index contributed by atoms with van der Waals surface area (Å²) in [4.78, 5) is 4.68. The van der Waals surface area contributed by atoms with Crippen LogP contribution in [-0.2, 0) is 4.74 Å². The van der Waals surface area contributed by atoms with Gasteiger partial charge in [0, 0.05) is 19.2 Å². The molecule has 1 aliphatic rings. The smallest absolute Gasteiger partial charge is 0.444 e. The van der Waals surface area contributed by atoms with Crippen LogP contribution >= 0.6 is 11.6 Å². The number of benzene rings is 1. The van der Waals surface area contributed by atoms with Crippen molar-refractivity contribution < 1.29 is 27.4 Å². The van der Waals surface area contributed by atoms with E-state index in [1.165, 1.54) is 19.2 Å². The molecule has 2 rings (SSSR count). The van der Waals surface area contributed by atoms with Crippen LogP contribution in [0.1, 0.15) is 0 Å². The molecule has 0 saturated carbocycles. The van der Waals surface area contributed by atoms with Gasteiger partial charge in [0.15, 0.2) is 10.7 Å². The van der Waals surface area contributed by atoms with Gasteiger partial charge in [0.1, 0.15) is 0 Å². The molecule has 23 heavy (non-hydrogen) atoms. The third-order valence-corrected chi connectivity index (χ3v) is 3.47. The second-order valence-electron chi connectivity index (χ2n) is 4.66. The molecule has 126 valence electrons. The van der Waals surface area contributed by atoms with E-state index >= 15 is 0 Å². The Morgan fingerprint density at radius 3 is 2.52 bits per heavy atom. The van der Waals surface area contributed by atoms with Gasteiger partial charge in [0.2, 0.25) is 11.1 Å². The largest absolute Gasteiger partial charge is 0.494 e. The Labute approximate surface area is 135 Å². The predicted molar refractivity (Wildman–Crippen MR) is 77.1 cm³/mol. The lowest BCUT2D eigenvalue weighted by Crippen LogP contribution is -2.36. The highest BCUT2D eigenvalue weighted by Crippen LogP contribution is 2.43. The monoisotopic (exact) mass is 352 g/mol. The number of alkyl halides is 4. The third kappa shape index (κ3) is 3.89. The van der Waals surface area contributed by atoms with E-state index in [-0.39, 0.29) is 11.4 Å². The zero-order chi connectivity index (χ0) is 17.0. The molecule has 0 spiro atoms. The Morgan fingerprint density at radius 2 is 2.00 bits per heavy atom. The fraction of sp³-hybridized carbons (Fsp3) is 0.538. The highest BCUT2D eigenvalue weighted by atomic mass is 35.5. The van der Waals surface area contributed by atoms with Crippen LogP contribution in [0.3, 0.4) is 0 Å². The van der Waals surface area contributed by atoms with Crippen molar-refractivity contribution >= 4 is 23.0 Å². The highest BCUT2D eigenvalue weighted by molar-refractivity contribution is 6.20. The van der Waals surface area contributed by atoms with Crippen molar-refractivity contribution in [3.05, 3.63) is 17.1 Å². The van der Waals surface area contributed by atoms with Crippen LogP contribution in [-0.4, -0.2) is 45.2 Å². The number of rotatable bonds is 5. The number of hydrogen-bond acceptors (Lipinski definition) is 5. The Morgan fingerprint density at radius 1 is 1.35 bits per heavy atom. The normalized spacial score (nSPS) is 16.6. The molecule has 0 aromatic heterocycles. The topological polar surface area (TPSA) is 59.1 Å². The average molecular weight is 353 g/mol. The molecule has 1 fully saturated rings. The molecular formula is C13H14ClF3N3O3+. The van der Waals surface area contributed by atoms with E-state index in [0.29, 0.717) is 32.0 Å². The van der Waals surface area contributed by atoms with E-state index in [9.17, 15) is 13.2 Å². The van der Waals surface area contributed by atoms with Crippen molar-refractivity contribution in [3.8, 4) is 11.5 Å². The molecule has 1 atom stereocenters. The van der Waals surface area contributed by atoms with Gasteiger partial charge in [-0.15, -0.1) is 0 Å². The molecule has 1 aliphatic heterocycles. The van der Waals surface area contributed by atoms with E-state index < -0.39 is 17.5 Å². The molecule has 0 bridgehead atoms. The van der Waals surface area contributed by atoms with Gasteiger partial charge in [-0.3, -0.25) is 0 Å². The predicted octanol–water partition coefficient (Wildman–Crippen LogP) is 3.52. The minimum absolute atomic E-state index is 0.290. The average Bonchev–Trinajstić information content (AvgIpc) is 2.54. The van der Waals surface area contributed by atoms with Crippen LogP contribution in [0, 0.1) is 5.39 Å². The van der Waals surface area contributed by atoms with Crippen molar-refractivity contribution in [1.82, 2.24) is 0 Å². The maximum Gasteiger partial charge on any atom is 0.444 e. The van der Waals surface area contributed by atoms with E-state index in [4.69, 9.17) is 26.5 Å². The lowest BCUT2D eigenvalue weighted by Gasteiger charge is -2.30. The molecule has 0 N–H and O–H groups in total. The van der Waals surface area contributed by atoms with Gasteiger partial charge in [0.25, 0.3) is 5.63 Å². The van der Waals surface area contributed by atoms with Crippen molar-refractivity contribution in [1.29, 1.82) is 5.39 Å². The van der Waals surface area contributed by atoms with Crippen LogP contribution in [0.5, 0.6) is 11.5 Å². The minimum atomic E-state index is -4.28. The second kappa shape index (κ2) is 7.10. The van der Waals surface area contributed by atoms with Crippen molar-refractivity contribution in [3.63, 3.8) is 0 Å². The standard InChI is InChI=1S/C13H14ClF3N3O3/c1-21-11-6-8(19-18)10(23-13(16,17)12(14)15)7-9(11)20-2-4-22-5-3-20/h6-7,12H,2-5H2,1H3/q+1. The Kier molecular flexibility index (Phi) is 5.38. The first-order valence-electron chi connectivity index (χ1n) is 6.64. The zero-order valence-electron chi connectivity index (χ0n) is 12.1. The summed E-state index contributed by atoms with van der Waals surface area (Å²) in [6.45, 7) is 1.91. The molecule has 1 aromatic carbocycles. The molecule has 6 nitrogen and oxygen atoms in total. The summed E-state index contributed by atoms with van der Waals surface area (Å²) in [5.74, 6) is -0.235. The fourth-order valence-corrected chi connectivity index (χ4v) is 2.15. The number of anilines is 1. The van der Waals surface area contributed by atoms with E-state index in [1.54, 1.807) is 0 Å². The minimum Gasteiger partial charge on any atom is -0.494 e. The molecule has 10 heteroatoms. The second-order valence-corrected chi connectivity index (χ2v) is 5.04. The van der Waals surface area contributed by atoms with Gasteiger partial charge in [-0.1, -0.05) is 11.6 Å². The number of nitrogens with zero attached hydrogens (tertiary/aromatic N) is 3. The molecule has 1 aromatic rings. The number of halogens is 4. The summed E-state index contributed by atoms with van der Waals surface area (Å²) < 4.78 is 54.2. The first-order chi connectivity index (χ1) is 10.9. The van der Waals surface area contributed by atoms with Gasteiger partial charge >= 0.3 is 11.8 Å². The number of morpholine rings is 1. The summed E-state index contributed by atoms with van der Waals surface area (Å²) in [5.41, 5.74) is -2.96. The van der Waals surface area contributed by atoms with Gasteiger partial charge in [-0.25, -0.2) is 4.39 Å². The van der Waals surface area contributed by atoms with E-state index in [1.807, 2.05) is 4.90 Å². The van der Waals surface area contributed by atoms with Crippen LogP contribution in [0.15, 0.2) is 12.1 Å². The van der Waals surface area contributed by atoms with E-state index in [2.05, 4.69) is 9.71 Å². The number of methoxy groups -OCH3 is 1. The number of diazo groups is 1. The molecule has 1 unspecified atom stereocenters. The highest BCUT2D eigenvalue weighted by Gasteiger charge is 2.44. The summed E-state index contributed by atoms with van der Waals surface area (Å²) >= 11 is 4.78. The Balaban J connectivity index is 2.42. The summed E-state index contributed by atoms with van der Waals surface area (Å²) in [5, 5.41) is 8.96. The number of hydrogen-bond donors (Lipinski definition) is 0. The fourth-order valence-electron chi connectivity index (χ4n) is 2.10. The van der Waals surface area contributed by atoms with Crippen molar-refractivity contribution in [2.75, 3.05) is 38.3 Å². The molecule has 1 saturated heterocycles. The Hall–Kier alpha value is -1.92. The van der Waals surface area contributed by atoms with Crippen LogP contribution in [0.2, 0.25) is 0 Å². The number of ether oxygens (including phenoxy) is 3. The van der Waals surface area contributed by atoms with Gasteiger partial charge in [-0.2, -0.15) is 8.78 Å². The molecule has 0 radical (unpaired) electrons. The zero-order valence-corrected chi connectivity index (χ0v) is 12.9. The summed E-state index contributed by atoms with van der Waals surface area (Å²) in [7, 11) is 1.38. The maximum absolute atomic E-state index is 13.4. The van der Waals surface area contributed by atoms with Gasteiger partial charge in [-0.05, 0) is 0 Å². The van der Waals surface area contributed by atoms with E-state index in [0.717, 1.165) is 0 Å². The Bertz CT molecular complexity index is 604. The van der Waals surface area contributed by atoms with Crippen molar-refractivity contribution in [2.24, 2.45) is 0 Å². The van der Waals surface area contributed by atoms with Crippen LogP contribution < -0.4 is 14.4 Å². The lowest BCUT2D eigenvalue weighted by atomic mass is 10.2. The van der Waals surface area contributed by atoms with Crippen molar-refractivity contribution in [2.45, 2.75) is 11.7 Å². The third-order valence-electron chi connectivity index (χ3n) is 3.22. The molecular weight excluding hydrogens is 339 g/mol. The first-order valence-corrected chi connectivity index (χ1v) is 7.07. The quantitative estimate of drug-likeness (QED) is 0.599. The van der Waals surface area contributed by atoms with Gasteiger partial charge < -0.3 is 19.1 Å². The van der Waals surface area contributed by atoms with Crippen LogP contribution in [0.25, 0.3) is 4.98 Å². The van der Waals surface area contributed by atoms with Crippen LogP contribution in [0.4, 0.5) is 24.5 Å². The first kappa shape index (κ1) is 17.4. The van der Waals surface area contributed by atoms with Gasteiger partial charge in [0.05, 0.1) is 32.1 Å². The molecule has 1 heterocycles.